The zero-order valence-electron chi connectivity index (χ0n) is 16.3. The van der Waals surface area contributed by atoms with E-state index in [9.17, 15) is 27.6 Å². The van der Waals surface area contributed by atoms with Crippen LogP contribution in [0.1, 0.15) is 29.2 Å². The van der Waals surface area contributed by atoms with Crippen molar-refractivity contribution in [2.75, 3.05) is 6.54 Å². The van der Waals surface area contributed by atoms with Crippen LogP contribution in [0.2, 0.25) is 0 Å². The number of amides is 4. The highest BCUT2D eigenvalue weighted by atomic mass is 19.4. The predicted octanol–water partition coefficient (Wildman–Crippen LogP) is 3.10. The van der Waals surface area contributed by atoms with Gasteiger partial charge in [0.05, 0.1) is 5.56 Å². The molecule has 1 atom stereocenters. The van der Waals surface area contributed by atoms with E-state index in [1.807, 2.05) is 19.1 Å². The molecule has 4 amide bonds. The van der Waals surface area contributed by atoms with Gasteiger partial charge in [-0.2, -0.15) is 13.2 Å². The number of halogens is 3. The van der Waals surface area contributed by atoms with E-state index in [0.717, 1.165) is 22.6 Å². The van der Waals surface area contributed by atoms with Gasteiger partial charge < -0.3 is 10.6 Å². The zero-order chi connectivity index (χ0) is 22.1. The summed E-state index contributed by atoms with van der Waals surface area (Å²) in [6.07, 6.45) is -4.44. The lowest BCUT2D eigenvalue weighted by atomic mass is 9.91. The maximum Gasteiger partial charge on any atom is 0.416 e. The number of aryl methyl sites for hydroxylation is 1. The minimum Gasteiger partial charge on any atom is -0.350 e. The van der Waals surface area contributed by atoms with Crippen LogP contribution in [-0.2, 0) is 27.8 Å². The van der Waals surface area contributed by atoms with Crippen LogP contribution < -0.4 is 10.6 Å². The van der Waals surface area contributed by atoms with E-state index >= 15 is 0 Å². The van der Waals surface area contributed by atoms with Crippen molar-refractivity contribution in [1.82, 2.24) is 15.5 Å². The van der Waals surface area contributed by atoms with Crippen molar-refractivity contribution in [3.63, 3.8) is 0 Å². The van der Waals surface area contributed by atoms with Gasteiger partial charge in [-0.05, 0) is 37.1 Å². The molecule has 2 aromatic carbocycles. The van der Waals surface area contributed by atoms with Crippen molar-refractivity contribution >= 4 is 17.8 Å². The molecule has 2 N–H and O–H groups in total. The van der Waals surface area contributed by atoms with E-state index < -0.39 is 41.7 Å². The van der Waals surface area contributed by atoms with Gasteiger partial charge in [0.15, 0.2) is 0 Å². The van der Waals surface area contributed by atoms with Crippen LogP contribution in [0.4, 0.5) is 18.0 Å². The van der Waals surface area contributed by atoms with Crippen LogP contribution in [-0.4, -0.2) is 29.3 Å². The first-order valence-corrected chi connectivity index (χ1v) is 9.15. The van der Waals surface area contributed by atoms with Crippen LogP contribution in [0.25, 0.3) is 0 Å². The van der Waals surface area contributed by atoms with Crippen LogP contribution in [0, 0.1) is 6.92 Å². The molecule has 1 unspecified atom stereocenters. The van der Waals surface area contributed by atoms with Crippen molar-refractivity contribution in [3.05, 3.63) is 70.8 Å². The molecule has 30 heavy (non-hydrogen) atoms. The number of alkyl halides is 3. The number of rotatable bonds is 5. The highest BCUT2D eigenvalue weighted by Gasteiger charge is 2.49. The monoisotopic (exact) mass is 419 g/mol. The third kappa shape index (κ3) is 4.29. The third-order valence-corrected chi connectivity index (χ3v) is 4.98. The highest BCUT2D eigenvalue weighted by Crippen LogP contribution is 2.30. The third-order valence-electron chi connectivity index (χ3n) is 4.98. The summed E-state index contributed by atoms with van der Waals surface area (Å²) >= 11 is 0. The van der Waals surface area contributed by atoms with Gasteiger partial charge in [0.2, 0.25) is 5.91 Å². The second-order valence-electron chi connectivity index (χ2n) is 7.28. The van der Waals surface area contributed by atoms with E-state index in [0.29, 0.717) is 11.1 Å². The number of imide groups is 1. The van der Waals surface area contributed by atoms with E-state index in [2.05, 4.69) is 10.6 Å². The molecule has 9 heteroatoms. The number of nitrogens with zero attached hydrogens (tertiary/aromatic N) is 1. The van der Waals surface area contributed by atoms with Crippen molar-refractivity contribution in [2.24, 2.45) is 0 Å². The minimum atomic E-state index is -4.44. The molecule has 0 aromatic heterocycles. The Morgan fingerprint density at radius 2 is 1.67 bits per heavy atom. The van der Waals surface area contributed by atoms with E-state index in [1.165, 1.54) is 12.1 Å². The van der Waals surface area contributed by atoms with Crippen LogP contribution in [0.5, 0.6) is 0 Å². The first-order valence-electron chi connectivity index (χ1n) is 9.15. The van der Waals surface area contributed by atoms with Crippen molar-refractivity contribution in [2.45, 2.75) is 32.1 Å². The summed E-state index contributed by atoms with van der Waals surface area (Å²) in [6.45, 7) is 2.94. The predicted molar refractivity (Wildman–Crippen MR) is 102 cm³/mol. The lowest BCUT2D eigenvalue weighted by molar-refractivity contribution is -0.137. The number of hydrogen-bond acceptors (Lipinski definition) is 3. The fraction of sp³-hybridized carbons (Fsp3) is 0.286. The SMILES string of the molecule is Cc1ccc(C2(C)NC(=O)N(CC(=O)NCc3ccc(C(F)(F)F)cc3)C2=O)cc1. The Morgan fingerprint density at radius 1 is 1.07 bits per heavy atom. The lowest BCUT2D eigenvalue weighted by Crippen LogP contribution is -2.43. The number of benzene rings is 2. The number of carbonyl (C=O) groups is 3. The molecule has 1 aliphatic heterocycles. The molecule has 158 valence electrons. The maximum atomic E-state index is 12.8. The quantitative estimate of drug-likeness (QED) is 0.731. The number of urea groups is 1. The molecule has 0 aliphatic carbocycles. The molecular weight excluding hydrogens is 399 g/mol. The van der Waals surface area contributed by atoms with Crippen LogP contribution in [0.3, 0.4) is 0 Å². The Balaban J connectivity index is 1.62. The Labute approximate surface area is 171 Å². The van der Waals surface area contributed by atoms with Gasteiger partial charge in [0, 0.05) is 6.54 Å². The summed E-state index contributed by atoms with van der Waals surface area (Å²) in [5.74, 6) is -1.16. The average Bonchev–Trinajstić information content (AvgIpc) is 2.90. The smallest absolute Gasteiger partial charge is 0.350 e. The summed E-state index contributed by atoms with van der Waals surface area (Å²) in [4.78, 5) is 38.1. The molecular formula is C21H20F3N3O3. The summed E-state index contributed by atoms with van der Waals surface area (Å²) < 4.78 is 37.8. The van der Waals surface area contributed by atoms with Gasteiger partial charge in [-0.15, -0.1) is 0 Å². The molecule has 0 bridgehead atoms. The topological polar surface area (TPSA) is 78.5 Å². The average molecular weight is 419 g/mol. The zero-order valence-corrected chi connectivity index (χ0v) is 16.3. The van der Waals surface area contributed by atoms with Crippen molar-refractivity contribution in [3.8, 4) is 0 Å². The summed E-state index contributed by atoms with van der Waals surface area (Å²) in [6, 6.07) is 10.8. The Kier molecular flexibility index (Phi) is 5.56. The summed E-state index contributed by atoms with van der Waals surface area (Å²) in [5, 5.41) is 5.12. The van der Waals surface area contributed by atoms with E-state index in [-0.39, 0.29) is 6.54 Å². The van der Waals surface area contributed by atoms with Gasteiger partial charge in [-0.25, -0.2) is 4.79 Å². The first kappa shape index (κ1) is 21.4. The molecule has 3 rings (SSSR count). The second-order valence-corrected chi connectivity index (χ2v) is 7.28. The summed E-state index contributed by atoms with van der Waals surface area (Å²) in [7, 11) is 0. The molecule has 0 radical (unpaired) electrons. The molecule has 0 spiro atoms. The Bertz CT molecular complexity index is 972. The fourth-order valence-corrected chi connectivity index (χ4v) is 3.13. The van der Waals surface area contributed by atoms with Gasteiger partial charge >= 0.3 is 12.2 Å². The molecule has 2 aromatic rings. The Morgan fingerprint density at radius 3 is 2.23 bits per heavy atom. The van der Waals surface area contributed by atoms with Gasteiger partial charge in [-0.1, -0.05) is 42.0 Å². The van der Waals surface area contributed by atoms with Crippen LogP contribution in [0.15, 0.2) is 48.5 Å². The molecule has 1 aliphatic rings. The lowest BCUT2D eigenvalue weighted by Gasteiger charge is -2.22. The Hall–Kier alpha value is -3.36. The maximum absolute atomic E-state index is 12.8. The molecule has 0 saturated carbocycles. The normalized spacial score (nSPS) is 19.0. The largest absolute Gasteiger partial charge is 0.416 e. The molecule has 1 heterocycles. The van der Waals surface area contributed by atoms with Gasteiger partial charge in [0.25, 0.3) is 5.91 Å². The molecule has 1 fully saturated rings. The van der Waals surface area contributed by atoms with Gasteiger partial charge in [-0.3, -0.25) is 14.5 Å². The number of nitrogens with one attached hydrogen (secondary N) is 2. The number of hydrogen-bond donors (Lipinski definition) is 2. The van der Waals surface area contributed by atoms with Gasteiger partial charge in [0.1, 0.15) is 12.1 Å². The standard InChI is InChI=1S/C21H20F3N3O3/c1-13-3-7-15(8-4-13)20(2)18(29)27(19(30)26-20)12-17(28)25-11-14-5-9-16(10-6-14)21(22,23)24/h3-10H,11-12H2,1-2H3,(H,25,28)(H,26,30). The molecule has 6 nitrogen and oxygen atoms in total. The second kappa shape index (κ2) is 7.81. The minimum absolute atomic E-state index is 0.0319. The fourth-order valence-electron chi connectivity index (χ4n) is 3.13. The highest BCUT2D eigenvalue weighted by molar-refractivity contribution is 6.09. The first-order chi connectivity index (χ1) is 14.0. The van der Waals surface area contributed by atoms with E-state index in [4.69, 9.17) is 0 Å². The number of carbonyl (C=O) groups excluding carboxylic acids is 3. The van der Waals surface area contributed by atoms with E-state index in [1.54, 1.807) is 19.1 Å². The van der Waals surface area contributed by atoms with Crippen molar-refractivity contribution in [1.29, 1.82) is 0 Å². The molecule has 1 saturated heterocycles. The van der Waals surface area contributed by atoms with Crippen LogP contribution >= 0.6 is 0 Å². The summed E-state index contributed by atoms with van der Waals surface area (Å²) in [5.41, 5.74) is -0.0125. The van der Waals surface area contributed by atoms with Crippen molar-refractivity contribution < 1.29 is 27.6 Å².